The number of ether oxygens (including phenoxy) is 1. The zero-order chi connectivity index (χ0) is 14.3. The van der Waals surface area contributed by atoms with E-state index in [1.54, 1.807) is 6.92 Å². The number of carbonyl (C=O) groups excluding carboxylic acids is 1. The molecule has 0 atom stereocenters. The fraction of sp³-hybridized carbons (Fsp3) is 0.417. The molecule has 0 aliphatic heterocycles. The first-order valence-corrected chi connectivity index (χ1v) is 8.25. The van der Waals surface area contributed by atoms with Gasteiger partial charge in [0, 0.05) is 11.0 Å². The average Bonchev–Trinajstić information content (AvgIpc) is 2.35. The van der Waals surface area contributed by atoms with Crippen LogP contribution in [0.5, 0.6) is 0 Å². The topological polar surface area (TPSA) is 72.5 Å². The molecule has 0 saturated heterocycles. The first kappa shape index (κ1) is 16.1. The largest absolute Gasteiger partial charge is 0.466 e. The van der Waals surface area contributed by atoms with Crippen molar-refractivity contribution >= 4 is 31.9 Å². The Balaban J connectivity index is 2.45. The lowest BCUT2D eigenvalue weighted by Gasteiger charge is -2.07. The van der Waals surface area contributed by atoms with Crippen molar-refractivity contribution in [2.24, 2.45) is 0 Å². The normalized spacial score (nSPS) is 11.3. The summed E-state index contributed by atoms with van der Waals surface area (Å²) in [6, 6.07) is 7.33. The third-order valence-electron chi connectivity index (χ3n) is 2.27. The maximum atomic E-state index is 11.7. The zero-order valence-corrected chi connectivity index (χ0v) is 13.0. The summed E-state index contributed by atoms with van der Waals surface area (Å²) in [5.41, 5.74) is 0.842. The van der Waals surface area contributed by atoms with Crippen molar-refractivity contribution in [2.45, 2.75) is 19.9 Å². The van der Waals surface area contributed by atoms with E-state index >= 15 is 0 Å². The first-order valence-electron chi connectivity index (χ1n) is 5.80. The predicted molar refractivity (Wildman–Crippen MR) is 76.0 cm³/mol. The SMILES string of the molecule is CCOC(=O)CCS(=O)(=O)NCc1cccc(Br)c1. The van der Waals surface area contributed by atoms with Crippen molar-refractivity contribution < 1.29 is 17.9 Å². The molecular weight excluding hydrogens is 334 g/mol. The lowest BCUT2D eigenvalue weighted by Crippen LogP contribution is -2.27. The summed E-state index contributed by atoms with van der Waals surface area (Å²) in [4.78, 5) is 11.1. The zero-order valence-electron chi connectivity index (χ0n) is 10.6. The van der Waals surface area contributed by atoms with E-state index in [4.69, 9.17) is 0 Å². The molecule has 0 spiro atoms. The second-order valence-corrected chi connectivity index (χ2v) is 6.67. The number of sulfonamides is 1. The Labute approximate surface area is 121 Å². The highest BCUT2D eigenvalue weighted by molar-refractivity contribution is 9.10. The van der Waals surface area contributed by atoms with Gasteiger partial charge in [0.15, 0.2) is 0 Å². The Morgan fingerprint density at radius 3 is 2.79 bits per heavy atom. The maximum Gasteiger partial charge on any atom is 0.306 e. The standard InChI is InChI=1S/C12H16BrNO4S/c1-2-18-12(15)6-7-19(16,17)14-9-10-4-3-5-11(13)8-10/h3-5,8,14H,2,6-7,9H2,1H3. The summed E-state index contributed by atoms with van der Waals surface area (Å²) < 4.78 is 31.3. The number of esters is 1. The minimum atomic E-state index is -3.47. The van der Waals surface area contributed by atoms with Crippen molar-refractivity contribution in [3.63, 3.8) is 0 Å². The van der Waals surface area contributed by atoms with E-state index in [0.29, 0.717) is 0 Å². The van der Waals surface area contributed by atoms with E-state index in [9.17, 15) is 13.2 Å². The maximum absolute atomic E-state index is 11.7. The summed E-state index contributed by atoms with van der Waals surface area (Å²) in [5.74, 6) is -0.768. The van der Waals surface area contributed by atoms with Gasteiger partial charge in [0.2, 0.25) is 10.0 Å². The van der Waals surface area contributed by atoms with Crippen LogP contribution in [0.2, 0.25) is 0 Å². The molecule has 0 bridgehead atoms. The fourth-order valence-corrected chi connectivity index (χ4v) is 2.78. The van der Waals surface area contributed by atoms with Crippen molar-refractivity contribution in [3.05, 3.63) is 34.3 Å². The van der Waals surface area contributed by atoms with Crippen LogP contribution in [0, 0.1) is 0 Å². The molecule has 0 aliphatic carbocycles. The van der Waals surface area contributed by atoms with Gasteiger partial charge in [-0.3, -0.25) is 4.79 Å². The molecule has 0 unspecified atom stereocenters. The van der Waals surface area contributed by atoms with Crippen LogP contribution in [0.3, 0.4) is 0 Å². The van der Waals surface area contributed by atoms with Gasteiger partial charge in [0.25, 0.3) is 0 Å². The molecule has 0 aromatic heterocycles. The number of hydrogen-bond acceptors (Lipinski definition) is 4. The molecule has 0 heterocycles. The molecule has 0 fully saturated rings. The molecular formula is C12H16BrNO4S. The number of rotatable bonds is 7. The van der Waals surface area contributed by atoms with Crippen molar-refractivity contribution in [1.82, 2.24) is 4.72 Å². The van der Waals surface area contributed by atoms with Gasteiger partial charge in [-0.1, -0.05) is 28.1 Å². The third kappa shape index (κ3) is 6.70. The smallest absolute Gasteiger partial charge is 0.306 e. The van der Waals surface area contributed by atoms with E-state index in [1.807, 2.05) is 24.3 Å². The molecule has 0 radical (unpaired) electrons. The minimum absolute atomic E-state index is 0.137. The summed E-state index contributed by atoms with van der Waals surface area (Å²) in [7, 11) is -3.47. The van der Waals surface area contributed by atoms with Gasteiger partial charge < -0.3 is 4.74 Å². The first-order chi connectivity index (χ1) is 8.93. The third-order valence-corrected chi connectivity index (χ3v) is 4.08. The highest BCUT2D eigenvalue weighted by Gasteiger charge is 2.13. The Morgan fingerprint density at radius 2 is 2.16 bits per heavy atom. The van der Waals surface area contributed by atoms with Crippen LogP contribution >= 0.6 is 15.9 Å². The fourth-order valence-electron chi connectivity index (χ4n) is 1.36. The van der Waals surface area contributed by atoms with Crippen LogP contribution in [0.1, 0.15) is 18.9 Å². The van der Waals surface area contributed by atoms with Gasteiger partial charge >= 0.3 is 5.97 Å². The van der Waals surface area contributed by atoms with E-state index < -0.39 is 16.0 Å². The highest BCUT2D eigenvalue weighted by atomic mass is 79.9. The van der Waals surface area contributed by atoms with Crippen molar-refractivity contribution in [2.75, 3.05) is 12.4 Å². The van der Waals surface area contributed by atoms with Gasteiger partial charge in [-0.2, -0.15) is 0 Å². The van der Waals surface area contributed by atoms with Gasteiger partial charge in [0.05, 0.1) is 18.8 Å². The Kier molecular flexibility index (Phi) is 6.47. The van der Waals surface area contributed by atoms with Gasteiger partial charge in [0.1, 0.15) is 0 Å². The average molecular weight is 350 g/mol. The Bertz CT molecular complexity index is 530. The number of carbonyl (C=O) groups is 1. The van der Waals surface area contributed by atoms with Gasteiger partial charge in [-0.25, -0.2) is 13.1 Å². The molecule has 0 amide bonds. The molecule has 0 saturated carbocycles. The second-order valence-electron chi connectivity index (χ2n) is 3.82. The van der Waals surface area contributed by atoms with E-state index in [1.165, 1.54) is 0 Å². The summed E-state index contributed by atoms with van der Waals surface area (Å²) in [5, 5.41) is 0. The number of hydrogen-bond donors (Lipinski definition) is 1. The lowest BCUT2D eigenvalue weighted by molar-refractivity contribution is -0.142. The summed E-state index contributed by atoms with van der Waals surface area (Å²) in [6.45, 7) is 2.13. The molecule has 106 valence electrons. The number of benzene rings is 1. The van der Waals surface area contributed by atoms with Gasteiger partial charge in [-0.15, -0.1) is 0 Å². The molecule has 1 aromatic carbocycles. The highest BCUT2D eigenvalue weighted by Crippen LogP contribution is 2.11. The van der Waals surface area contributed by atoms with Crippen LogP contribution in [-0.4, -0.2) is 26.7 Å². The van der Waals surface area contributed by atoms with Crippen LogP contribution < -0.4 is 4.72 Å². The molecule has 1 aromatic rings. The Morgan fingerprint density at radius 1 is 1.42 bits per heavy atom. The number of halogens is 1. The monoisotopic (exact) mass is 349 g/mol. The van der Waals surface area contributed by atoms with Crippen LogP contribution in [0.15, 0.2) is 28.7 Å². The van der Waals surface area contributed by atoms with E-state index in [0.717, 1.165) is 10.0 Å². The molecule has 7 heteroatoms. The molecule has 1 N–H and O–H groups in total. The second kappa shape index (κ2) is 7.62. The minimum Gasteiger partial charge on any atom is -0.466 e. The molecule has 1 rings (SSSR count). The van der Waals surface area contributed by atoms with Crippen LogP contribution in [-0.2, 0) is 26.1 Å². The summed E-state index contributed by atoms with van der Waals surface area (Å²) >= 11 is 3.31. The van der Waals surface area contributed by atoms with Crippen LogP contribution in [0.25, 0.3) is 0 Å². The lowest BCUT2D eigenvalue weighted by atomic mass is 10.2. The van der Waals surface area contributed by atoms with Crippen molar-refractivity contribution in [1.29, 1.82) is 0 Å². The summed E-state index contributed by atoms with van der Waals surface area (Å²) in [6.07, 6.45) is -0.137. The molecule has 19 heavy (non-hydrogen) atoms. The molecule has 0 aliphatic rings. The van der Waals surface area contributed by atoms with Crippen LogP contribution in [0.4, 0.5) is 0 Å². The molecule has 5 nitrogen and oxygen atoms in total. The quantitative estimate of drug-likeness (QED) is 0.762. The predicted octanol–water partition coefficient (Wildman–Crippen LogP) is 1.82. The van der Waals surface area contributed by atoms with E-state index in [-0.39, 0.29) is 25.3 Å². The van der Waals surface area contributed by atoms with Gasteiger partial charge in [-0.05, 0) is 24.6 Å². The Hall–Kier alpha value is -0.920. The van der Waals surface area contributed by atoms with E-state index in [2.05, 4.69) is 25.4 Å². The number of nitrogens with one attached hydrogen (secondary N) is 1. The van der Waals surface area contributed by atoms with Crippen molar-refractivity contribution in [3.8, 4) is 0 Å².